The molecule has 11 heteroatoms. The molecular weight excluding hydrogens is 446 g/mol. The fourth-order valence-corrected chi connectivity index (χ4v) is 3.62. The Kier molecular flexibility index (Phi) is 10.2. The molecule has 0 saturated heterocycles. The maximum atomic E-state index is 12.8. The van der Waals surface area contributed by atoms with Gasteiger partial charge in [-0.15, -0.1) is 0 Å². The monoisotopic (exact) mass is 477 g/mol. The number of carbonyl (C=O) groups excluding carboxylic acids is 3. The molecule has 0 aliphatic rings. The fourth-order valence-electron chi connectivity index (χ4n) is 3.37. The van der Waals surface area contributed by atoms with Gasteiger partial charge in [0.25, 0.3) is 0 Å². The van der Waals surface area contributed by atoms with Crippen LogP contribution in [-0.4, -0.2) is 64.2 Å². The van der Waals surface area contributed by atoms with E-state index in [0.29, 0.717) is 19.4 Å². The number of amides is 3. The normalized spacial score (nSPS) is 13.7. The number of carbonyl (C=O) groups is 4. The van der Waals surface area contributed by atoms with E-state index in [2.05, 4.69) is 33.6 Å². The maximum Gasteiger partial charge on any atom is 0.327 e. The second kappa shape index (κ2) is 12.9. The Morgan fingerprint density at radius 1 is 1.09 bits per heavy atom. The van der Waals surface area contributed by atoms with Gasteiger partial charge in [-0.05, 0) is 37.3 Å². The molecule has 180 valence electrons. The molecule has 2 rings (SSSR count). The SMILES string of the molecule is CC(=O)NCCCC[C@H](NC(=O)[C@@H](N)Cc1c[nH]c2ccccc12)C(=O)N[C@@H](CS)C(=O)O. The largest absolute Gasteiger partial charge is 0.480 e. The van der Waals surface area contributed by atoms with Gasteiger partial charge in [-0.25, -0.2) is 4.79 Å². The van der Waals surface area contributed by atoms with Gasteiger partial charge in [0.1, 0.15) is 12.1 Å². The quantitative estimate of drug-likeness (QED) is 0.162. The van der Waals surface area contributed by atoms with Crippen LogP contribution in [-0.2, 0) is 25.6 Å². The highest BCUT2D eigenvalue weighted by atomic mass is 32.1. The van der Waals surface area contributed by atoms with Crippen LogP contribution in [0.1, 0.15) is 31.7 Å². The summed E-state index contributed by atoms with van der Waals surface area (Å²) in [5, 5.41) is 17.9. The predicted octanol–water partition coefficient (Wildman–Crippen LogP) is 0.328. The molecule has 0 aliphatic carbocycles. The number of thiol groups is 1. The van der Waals surface area contributed by atoms with E-state index in [1.54, 1.807) is 6.20 Å². The van der Waals surface area contributed by atoms with Gasteiger partial charge < -0.3 is 31.8 Å². The number of para-hydroxylation sites is 1. The summed E-state index contributed by atoms with van der Waals surface area (Å²) in [6.45, 7) is 1.85. The maximum absolute atomic E-state index is 12.8. The number of hydrogen-bond acceptors (Lipinski definition) is 6. The van der Waals surface area contributed by atoms with Gasteiger partial charge in [0.05, 0.1) is 6.04 Å². The van der Waals surface area contributed by atoms with Crippen LogP contribution in [0.3, 0.4) is 0 Å². The van der Waals surface area contributed by atoms with Crippen LogP contribution in [0, 0.1) is 0 Å². The first-order valence-electron chi connectivity index (χ1n) is 10.7. The van der Waals surface area contributed by atoms with E-state index in [9.17, 15) is 24.3 Å². The number of hydrogen-bond donors (Lipinski definition) is 7. The number of aromatic nitrogens is 1. The number of aliphatic carboxylic acids is 1. The molecule has 1 heterocycles. The lowest BCUT2D eigenvalue weighted by atomic mass is 10.0. The molecule has 33 heavy (non-hydrogen) atoms. The van der Waals surface area contributed by atoms with Crippen molar-refractivity contribution in [1.82, 2.24) is 20.9 Å². The number of benzene rings is 1. The number of nitrogens with one attached hydrogen (secondary N) is 4. The summed E-state index contributed by atoms with van der Waals surface area (Å²) in [5.74, 6) is -2.60. The molecule has 0 fully saturated rings. The molecule has 3 atom stereocenters. The molecule has 3 amide bonds. The fraction of sp³-hybridized carbons (Fsp3) is 0.455. The van der Waals surface area contributed by atoms with Crippen molar-refractivity contribution in [3.05, 3.63) is 36.0 Å². The van der Waals surface area contributed by atoms with Crippen molar-refractivity contribution in [3.63, 3.8) is 0 Å². The summed E-state index contributed by atoms with van der Waals surface area (Å²) in [4.78, 5) is 50.8. The minimum absolute atomic E-state index is 0.0929. The summed E-state index contributed by atoms with van der Waals surface area (Å²) < 4.78 is 0. The summed E-state index contributed by atoms with van der Waals surface area (Å²) >= 11 is 3.95. The number of carboxylic acid groups (broad SMARTS) is 1. The highest BCUT2D eigenvalue weighted by Crippen LogP contribution is 2.18. The van der Waals surface area contributed by atoms with Crippen molar-refractivity contribution in [2.24, 2.45) is 5.73 Å². The van der Waals surface area contributed by atoms with Crippen molar-refractivity contribution in [3.8, 4) is 0 Å². The Morgan fingerprint density at radius 2 is 1.79 bits per heavy atom. The van der Waals surface area contributed by atoms with Crippen LogP contribution in [0.5, 0.6) is 0 Å². The van der Waals surface area contributed by atoms with Crippen LogP contribution in [0.2, 0.25) is 0 Å². The highest BCUT2D eigenvalue weighted by molar-refractivity contribution is 7.80. The van der Waals surface area contributed by atoms with Crippen molar-refractivity contribution in [2.45, 2.75) is 50.7 Å². The second-order valence-electron chi connectivity index (χ2n) is 7.79. The first kappa shape index (κ1) is 26.2. The Morgan fingerprint density at radius 3 is 2.45 bits per heavy atom. The van der Waals surface area contributed by atoms with Crippen LogP contribution >= 0.6 is 12.6 Å². The average molecular weight is 478 g/mol. The van der Waals surface area contributed by atoms with Crippen LogP contribution < -0.4 is 21.7 Å². The smallest absolute Gasteiger partial charge is 0.327 e. The zero-order valence-corrected chi connectivity index (χ0v) is 19.4. The van der Waals surface area contributed by atoms with Crippen molar-refractivity contribution >= 4 is 47.2 Å². The molecule has 0 unspecified atom stereocenters. The first-order valence-corrected chi connectivity index (χ1v) is 11.4. The Balaban J connectivity index is 2.02. The third-order valence-corrected chi connectivity index (χ3v) is 5.54. The summed E-state index contributed by atoms with van der Waals surface area (Å²) in [6.07, 6.45) is 3.44. The lowest BCUT2D eigenvalue weighted by Gasteiger charge is -2.22. The molecule has 0 radical (unpaired) electrons. The van der Waals surface area contributed by atoms with Crippen molar-refractivity contribution < 1.29 is 24.3 Å². The Hall–Kier alpha value is -3.05. The van der Waals surface area contributed by atoms with Crippen LogP contribution in [0.15, 0.2) is 30.5 Å². The summed E-state index contributed by atoms with van der Waals surface area (Å²) in [7, 11) is 0. The van der Waals surface area contributed by atoms with Gasteiger partial charge in [0.2, 0.25) is 17.7 Å². The molecule has 0 saturated carbocycles. The zero-order chi connectivity index (χ0) is 24.4. The number of fused-ring (bicyclic) bond motifs is 1. The molecule has 0 aliphatic heterocycles. The van der Waals surface area contributed by atoms with Crippen molar-refractivity contribution in [2.75, 3.05) is 12.3 Å². The molecule has 2 aromatic rings. The first-order chi connectivity index (χ1) is 15.7. The van der Waals surface area contributed by atoms with Crippen LogP contribution in [0.25, 0.3) is 10.9 Å². The number of nitrogens with two attached hydrogens (primary N) is 1. The number of unbranched alkanes of at least 4 members (excludes halogenated alkanes) is 1. The van der Waals surface area contributed by atoms with E-state index in [1.165, 1.54) is 6.92 Å². The molecule has 0 spiro atoms. The Labute approximate surface area is 197 Å². The molecular formula is C22H31N5O5S. The van der Waals surface area contributed by atoms with Gasteiger partial charge in [-0.1, -0.05) is 18.2 Å². The van der Waals surface area contributed by atoms with Gasteiger partial charge in [-0.2, -0.15) is 12.6 Å². The van der Waals surface area contributed by atoms with E-state index >= 15 is 0 Å². The standard InChI is InChI=1S/C22H31N5O5S/c1-13(28)24-9-5-4-8-18(21(30)27-19(12-33)22(31)32)26-20(29)16(23)10-14-11-25-17-7-3-2-6-15(14)17/h2-3,6-7,11,16,18-19,25,33H,4-5,8-10,12,23H2,1H3,(H,24,28)(H,26,29)(H,27,30)(H,31,32)/t16-,18-,19-/m0/s1. The lowest BCUT2D eigenvalue weighted by Crippen LogP contribution is -2.55. The Bertz CT molecular complexity index is 979. The minimum atomic E-state index is -1.22. The highest BCUT2D eigenvalue weighted by Gasteiger charge is 2.27. The van der Waals surface area contributed by atoms with Gasteiger partial charge >= 0.3 is 5.97 Å². The molecule has 1 aromatic carbocycles. The van der Waals surface area contributed by atoms with E-state index in [0.717, 1.165) is 16.5 Å². The van der Waals surface area contributed by atoms with E-state index in [-0.39, 0.29) is 24.5 Å². The predicted molar refractivity (Wildman–Crippen MR) is 128 cm³/mol. The van der Waals surface area contributed by atoms with Gasteiger partial charge in [0, 0.05) is 36.3 Å². The second-order valence-corrected chi connectivity index (χ2v) is 8.16. The van der Waals surface area contributed by atoms with Gasteiger partial charge in [-0.3, -0.25) is 14.4 Å². The number of rotatable bonds is 13. The average Bonchev–Trinajstić information content (AvgIpc) is 3.18. The molecule has 0 bridgehead atoms. The van der Waals surface area contributed by atoms with E-state index < -0.39 is 35.9 Å². The number of aromatic amines is 1. The molecule has 1 aromatic heterocycles. The van der Waals surface area contributed by atoms with Gasteiger partial charge in [0.15, 0.2) is 0 Å². The number of H-pyrrole nitrogens is 1. The molecule has 7 N–H and O–H groups in total. The third kappa shape index (κ3) is 8.10. The molecule has 10 nitrogen and oxygen atoms in total. The number of carboxylic acids is 1. The lowest BCUT2D eigenvalue weighted by molar-refractivity contribution is -0.141. The van der Waals surface area contributed by atoms with Crippen molar-refractivity contribution in [1.29, 1.82) is 0 Å². The summed E-state index contributed by atoms with van der Waals surface area (Å²) in [5.41, 5.74) is 7.94. The zero-order valence-electron chi connectivity index (χ0n) is 18.5. The topological polar surface area (TPSA) is 166 Å². The van der Waals surface area contributed by atoms with Crippen LogP contribution in [0.4, 0.5) is 0 Å². The minimum Gasteiger partial charge on any atom is -0.480 e. The van der Waals surface area contributed by atoms with E-state index in [4.69, 9.17) is 5.73 Å². The third-order valence-electron chi connectivity index (χ3n) is 5.18. The summed E-state index contributed by atoms with van der Waals surface area (Å²) in [6, 6.07) is 4.60. The van der Waals surface area contributed by atoms with E-state index in [1.807, 2.05) is 24.3 Å².